The maximum absolute atomic E-state index is 12.5. The van der Waals surface area contributed by atoms with Gasteiger partial charge in [-0.25, -0.2) is 0 Å². The van der Waals surface area contributed by atoms with Crippen LogP contribution >= 0.6 is 0 Å². The third-order valence-electron chi connectivity index (χ3n) is 5.63. The molecule has 0 spiro atoms. The molecule has 1 heterocycles. The molecule has 0 unspecified atom stereocenters. The van der Waals surface area contributed by atoms with Crippen LogP contribution in [0.5, 0.6) is 11.5 Å². The number of carbonyl (C=O) groups excluding carboxylic acids is 1. The van der Waals surface area contributed by atoms with Crippen molar-refractivity contribution in [1.29, 1.82) is 0 Å². The number of aromatic nitrogens is 1. The van der Waals surface area contributed by atoms with Crippen LogP contribution in [-0.4, -0.2) is 54.2 Å². The smallest absolute Gasteiger partial charge is 0.422 e. The van der Waals surface area contributed by atoms with Crippen molar-refractivity contribution in [2.75, 3.05) is 26.4 Å². The van der Waals surface area contributed by atoms with Gasteiger partial charge in [0.05, 0.1) is 11.1 Å². The van der Waals surface area contributed by atoms with E-state index in [2.05, 4.69) is 5.32 Å². The summed E-state index contributed by atoms with van der Waals surface area (Å²) in [5, 5.41) is 13.4. The molecule has 3 rings (SSSR count). The Bertz CT molecular complexity index is 1180. The molecule has 4 N–H and O–H groups in total. The van der Waals surface area contributed by atoms with Crippen molar-refractivity contribution in [1.82, 2.24) is 9.88 Å². The molecule has 0 radical (unpaired) electrons. The predicted octanol–water partition coefficient (Wildman–Crippen LogP) is 3.97. The number of primary amides is 1. The van der Waals surface area contributed by atoms with Gasteiger partial charge in [-0.15, -0.1) is 0 Å². The molecule has 0 fully saturated rings. The number of aliphatic hydroxyl groups excluding tert-OH is 1. The predicted molar refractivity (Wildman–Crippen MR) is 132 cm³/mol. The van der Waals surface area contributed by atoms with Crippen molar-refractivity contribution in [3.05, 3.63) is 59.3 Å². The van der Waals surface area contributed by atoms with Crippen LogP contribution in [0.3, 0.4) is 0 Å². The average Bonchev–Trinajstić information content (AvgIpc) is 3.21. The topological polar surface area (TPSA) is 98.7 Å². The summed E-state index contributed by atoms with van der Waals surface area (Å²) in [7, 11) is 0. The van der Waals surface area contributed by atoms with Gasteiger partial charge in [-0.2, -0.15) is 13.2 Å². The molecule has 0 aliphatic carbocycles. The third kappa shape index (κ3) is 7.63. The van der Waals surface area contributed by atoms with E-state index in [1.54, 1.807) is 18.2 Å². The second-order valence-corrected chi connectivity index (χ2v) is 8.79. The largest absolute Gasteiger partial charge is 0.488 e. The maximum Gasteiger partial charge on any atom is 0.422 e. The number of fused-ring (bicyclic) bond motifs is 1. The first-order valence-electron chi connectivity index (χ1n) is 11.8. The Balaban J connectivity index is 1.58. The Morgan fingerprint density at radius 3 is 2.64 bits per heavy atom. The number of amides is 1. The van der Waals surface area contributed by atoms with Gasteiger partial charge in [-0.1, -0.05) is 6.07 Å². The highest BCUT2D eigenvalue weighted by Crippen LogP contribution is 2.30. The van der Waals surface area contributed by atoms with E-state index >= 15 is 0 Å². The van der Waals surface area contributed by atoms with E-state index in [1.165, 1.54) is 6.07 Å². The van der Waals surface area contributed by atoms with Gasteiger partial charge < -0.3 is 30.2 Å². The number of halogens is 3. The molecule has 0 bridgehead atoms. The van der Waals surface area contributed by atoms with Gasteiger partial charge in [-0.3, -0.25) is 4.79 Å². The van der Waals surface area contributed by atoms with Crippen LogP contribution in [0.25, 0.3) is 10.9 Å². The average molecular weight is 508 g/mol. The van der Waals surface area contributed by atoms with Gasteiger partial charge in [0.25, 0.3) is 5.91 Å². The molecule has 0 saturated carbocycles. The van der Waals surface area contributed by atoms with E-state index in [1.807, 2.05) is 36.7 Å². The molecular weight excluding hydrogens is 475 g/mol. The highest BCUT2D eigenvalue weighted by atomic mass is 19.4. The third-order valence-corrected chi connectivity index (χ3v) is 5.63. The molecule has 10 heteroatoms. The SMILES string of the molecule is Cc1ccc(OCC(F)(F)F)c(OCCN[C@@H](C)Cc2cc(C(N)=O)c3c(ccn3CCCO)c2)c1. The fraction of sp³-hybridized carbons (Fsp3) is 0.423. The molecule has 1 aromatic heterocycles. The summed E-state index contributed by atoms with van der Waals surface area (Å²) in [5.74, 6) is -0.207. The lowest BCUT2D eigenvalue weighted by Gasteiger charge is -2.17. The number of hydrogen-bond donors (Lipinski definition) is 3. The van der Waals surface area contributed by atoms with Crippen molar-refractivity contribution >= 4 is 16.8 Å². The number of hydrogen-bond acceptors (Lipinski definition) is 5. The molecule has 196 valence electrons. The Labute approximate surface area is 208 Å². The number of carbonyl (C=O) groups is 1. The minimum absolute atomic E-state index is 0.0294. The molecule has 3 aromatic rings. The van der Waals surface area contributed by atoms with Crippen LogP contribution in [0.1, 0.15) is 34.8 Å². The number of rotatable bonds is 13. The number of alkyl halides is 3. The van der Waals surface area contributed by atoms with Crippen LogP contribution < -0.4 is 20.5 Å². The summed E-state index contributed by atoms with van der Waals surface area (Å²) in [6, 6.07) is 10.5. The lowest BCUT2D eigenvalue weighted by atomic mass is 10.0. The highest BCUT2D eigenvalue weighted by Gasteiger charge is 2.29. The number of nitrogens with two attached hydrogens (primary N) is 1. The molecule has 0 aliphatic heterocycles. The van der Waals surface area contributed by atoms with Crippen molar-refractivity contribution in [2.45, 2.75) is 45.5 Å². The van der Waals surface area contributed by atoms with Gasteiger partial charge >= 0.3 is 6.18 Å². The number of nitrogens with zero attached hydrogens (tertiary/aromatic N) is 1. The van der Waals surface area contributed by atoms with Crippen molar-refractivity contribution in [2.24, 2.45) is 5.73 Å². The zero-order valence-electron chi connectivity index (χ0n) is 20.4. The molecule has 36 heavy (non-hydrogen) atoms. The lowest BCUT2D eigenvalue weighted by Crippen LogP contribution is -2.32. The number of benzene rings is 2. The van der Waals surface area contributed by atoms with E-state index in [0.29, 0.717) is 31.5 Å². The standard InChI is InChI=1S/C26H32F3N3O4/c1-17-4-5-22(36-16-26(27,28)29)23(12-17)35-11-7-31-18(2)13-19-14-20-6-9-32(8-3-10-33)24(20)21(15-19)25(30)34/h4-6,9,12,14-15,18,31,33H,3,7-8,10-11,13,16H2,1-2H3,(H2,30,34)/t18-/m0/s1. The summed E-state index contributed by atoms with van der Waals surface area (Å²) in [4.78, 5) is 12.1. The molecular formula is C26H32F3N3O4. The van der Waals surface area contributed by atoms with E-state index in [-0.39, 0.29) is 30.8 Å². The Hall–Kier alpha value is -3.24. The first-order chi connectivity index (χ1) is 17.1. The molecule has 0 aliphatic rings. The first kappa shape index (κ1) is 27.3. The minimum Gasteiger partial charge on any atom is -0.488 e. The molecule has 0 saturated heterocycles. The zero-order valence-corrected chi connectivity index (χ0v) is 20.4. The van der Waals surface area contributed by atoms with Crippen molar-refractivity contribution in [3.63, 3.8) is 0 Å². The normalized spacial score (nSPS) is 12.6. The van der Waals surface area contributed by atoms with Crippen LogP contribution in [0.4, 0.5) is 13.2 Å². The number of aryl methyl sites for hydroxylation is 2. The summed E-state index contributed by atoms with van der Waals surface area (Å²) in [5.41, 5.74) is 8.64. The summed E-state index contributed by atoms with van der Waals surface area (Å²) in [6.07, 6.45) is -1.35. The van der Waals surface area contributed by atoms with E-state index in [9.17, 15) is 18.0 Å². The van der Waals surface area contributed by atoms with Gasteiger partial charge in [0.15, 0.2) is 18.1 Å². The fourth-order valence-electron chi connectivity index (χ4n) is 4.04. The fourth-order valence-corrected chi connectivity index (χ4v) is 4.04. The van der Waals surface area contributed by atoms with Crippen LogP contribution in [-0.2, 0) is 13.0 Å². The van der Waals surface area contributed by atoms with Crippen LogP contribution in [0, 0.1) is 6.92 Å². The van der Waals surface area contributed by atoms with Crippen molar-refractivity contribution in [3.8, 4) is 11.5 Å². The highest BCUT2D eigenvalue weighted by molar-refractivity contribution is 6.05. The van der Waals surface area contributed by atoms with Gasteiger partial charge in [0.2, 0.25) is 0 Å². The number of aliphatic hydroxyl groups is 1. The summed E-state index contributed by atoms with van der Waals surface area (Å²) < 4.78 is 50.1. The molecule has 1 atom stereocenters. The minimum atomic E-state index is -4.43. The Kier molecular flexibility index (Phi) is 9.22. The van der Waals surface area contributed by atoms with Gasteiger partial charge in [0, 0.05) is 37.3 Å². The monoisotopic (exact) mass is 507 g/mol. The Morgan fingerprint density at radius 2 is 1.94 bits per heavy atom. The van der Waals surface area contributed by atoms with E-state index in [4.69, 9.17) is 20.3 Å². The second-order valence-electron chi connectivity index (χ2n) is 8.79. The molecule has 1 amide bonds. The van der Waals surface area contributed by atoms with E-state index in [0.717, 1.165) is 22.0 Å². The number of nitrogens with one attached hydrogen (secondary N) is 1. The Morgan fingerprint density at radius 1 is 1.17 bits per heavy atom. The lowest BCUT2D eigenvalue weighted by molar-refractivity contribution is -0.153. The molecule has 2 aromatic carbocycles. The maximum atomic E-state index is 12.5. The van der Waals surface area contributed by atoms with Crippen LogP contribution in [0.2, 0.25) is 0 Å². The second kappa shape index (κ2) is 12.1. The summed E-state index contributed by atoms with van der Waals surface area (Å²) >= 11 is 0. The van der Waals surface area contributed by atoms with Crippen LogP contribution in [0.15, 0.2) is 42.6 Å². The zero-order chi connectivity index (χ0) is 26.3. The van der Waals surface area contributed by atoms with E-state index < -0.39 is 18.7 Å². The molecule has 7 nitrogen and oxygen atoms in total. The summed E-state index contributed by atoms with van der Waals surface area (Å²) in [6.45, 7) is 3.75. The van der Waals surface area contributed by atoms with Gasteiger partial charge in [0.1, 0.15) is 6.61 Å². The van der Waals surface area contributed by atoms with Gasteiger partial charge in [-0.05, 0) is 68.1 Å². The first-order valence-corrected chi connectivity index (χ1v) is 11.8. The quantitative estimate of drug-likeness (QED) is 0.304. The van der Waals surface area contributed by atoms with Crippen molar-refractivity contribution < 1.29 is 32.5 Å². The number of ether oxygens (including phenoxy) is 2.